The molecule has 0 bridgehead atoms. The van der Waals surface area contributed by atoms with E-state index in [1.807, 2.05) is 0 Å². The number of hydrogen-bond donors (Lipinski definition) is 9. The summed E-state index contributed by atoms with van der Waals surface area (Å²) in [6.45, 7) is 12.0. The van der Waals surface area contributed by atoms with Crippen LogP contribution in [0.15, 0.2) is 11.6 Å². The average Bonchev–Trinajstić information content (AvgIpc) is 3.60. The van der Waals surface area contributed by atoms with E-state index in [1.165, 1.54) is 19.4 Å². The van der Waals surface area contributed by atoms with Gasteiger partial charge in [-0.2, -0.15) is 0 Å². The van der Waals surface area contributed by atoms with Crippen molar-refractivity contribution in [1.29, 1.82) is 0 Å². The van der Waals surface area contributed by atoms with Gasteiger partial charge in [-0.1, -0.05) is 39.3 Å². The molecule has 17 heteroatoms. The highest BCUT2D eigenvalue weighted by atomic mass is 16.8. The van der Waals surface area contributed by atoms with Gasteiger partial charge in [0.1, 0.15) is 66.6 Å². The van der Waals surface area contributed by atoms with Gasteiger partial charge in [0.25, 0.3) is 0 Å². The van der Waals surface area contributed by atoms with Crippen LogP contribution >= 0.6 is 0 Å². The summed E-state index contributed by atoms with van der Waals surface area (Å²) in [5.41, 5.74) is 0.00555. The number of aliphatic hydroxyl groups excluding tert-OH is 8. The predicted molar refractivity (Wildman–Crippen MR) is 214 cm³/mol. The Hall–Kier alpha value is -0.940. The summed E-state index contributed by atoms with van der Waals surface area (Å²) in [5.74, 6) is 0.809. The van der Waals surface area contributed by atoms with E-state index in [4.69, 9.17) is 37.9 Å². The number of aliphatic hydroxyl groups is 9. The van der Waals surface area contributed by atoms with Gasteiger partial charge in [0.2, 0.25) is 0 Å². The van der Waals surface area contributed by atoms with Gasteiger partial charge in [0.15, 0.2) is 24.7 Å². The van der Waals surface area contributed by atoms with Crippen molar-refractivity contribution in [2.45, 2.75) is 215 Å². The molecule has 0 amide bonds. The highest BCUT2D eigenvalue weighted by molar-refractivity contribution is 5.29. The van der Waals surface area contributed by atoms with E-state index in [9.17, 15) is 46.0 Å². The first-order chi connectivity index (χ1) is 29.3. The fourth-order valence-corrected chi connectivity index (χ4v) is 13.9. The normalized spacial score (nSPS) is 58.9. The molecule has 354 valence electrons. The van der Waals surface area contributed by atoms with Gasteiger partial charge in [-0.05, 0) is 94.3 Å². The summed E-state index contributed by atoms with van der Waals surface area (Å²) in [6.07, 6.45) is -12.4. The largest absolute Gasteiger partial charge is 0.394 e. The molecule has 9 N–H and O–H groups in total. The lowest BCUT2D eigenvalue weighted by Crippen LogP contribution is -2.66. The molecule has 0 aromatic rings. The predicted octanol–water partition coefficient (Wildman–Crippen LogP) is 0.357. The van der Waals surface area contributed by atoms with Crippen LogP contribution in [0.4, 0.5) is 0 Å². The lowest BCUT2D eigenvalue weighted by atomic mass is 9.46. The molecule has 0 aromatic heterocycles. The van der Waals surface area contributed by atoms with Crippen LogP contribution < -0.4 is 0 Å². The molecule has 4 aliphatic carbocycles. The van der Waals surface area contributed by atoms with E-state index >= 15 is 0 Å². The van der Waals surface area contributed by atoms with E-state index in [0.29, 0.717) is 43.1 Å². The first-order valence-electron chi connectivity index (χ1n) is 23.3. The Morgan fingerprint density at radius 1 is 0.694 bits per heavy atom. The second kappa shape index (κ2) is 16.7. The molecule has 0 radical (unpaired) electrons. The molecule has 8 fully saturated rings. The molecular formula is C45H72O17. The van der Waals surface area contributed by atoms with Crippen molar-refractivity contribution in [3.63, 3.8) is 0 Å². The summed E-state index contributed by atoms with van der Waals surface area (Å²) >= 11 is 0. The summed E-state index contributed by atoms with van der Waals surface area (Å²) < 4.78 is 49.1. The van der Waals surface area contributed by atoms with E-state index < -0.39 is 110 Å². The molecule has 5 saturated heterocycles. The van der Waals surface area contributed by atoms with Crippen LogP contribution in [-0.2, 0) is 37.9 Å². The second-order valence-electron chi connectivity index (χ2n) is 21.2. The maximum Gasteiger partial charge on any atom is 0.187 e. The third-order valence-corrected chi connectivity index (χ3v) is 17.9. The van der Waals surface area contributed by atoms with Crippen LogP contribution in [0.5, 0.6) is 0 Å². The van der Waals surface area contributed by atoms with Crippen LogP contribution in [0, 0.1) is 40.4 Å². The topological polar surface area (TPSA) is 256 Å². The maximum absolute atomic E-state index is 12.8. The standard InChI is InChI=1S/C45H72O17/c1-19-9-14-44(55-18-19)22(4)45(54)29(62-44)16-27-25-8-7-23-15-24(10-12-42(23,5)26(25)11-13-43(27,45)6)58-40-36(53)34(51)37(28(17-46)59-40)60-41-38(33(50)31(48)21(3)57-41)61-39-35(52)32(49)30(47)20(2)56-39/h7,19-22,24-41,46-54H,8-18H2,1-6H3. The molecule has 9 aliphatic rings. The van der Waals surface area contributed by atoms with Gasteiger partial charge in [-0.15, -0.1) is 0 Å². The van der Waals surface area contributed by atoms with Crippen molar-refractivity contribution in [3.8, 4) is 0 Å². The van der Waals surface area contributed by atoms with E-state index in [1.54, 1.807) is 0 Å². The molecule has 17 nitrogen and oxygen atoms in total. The quantitative estimate of drug-likeness (QED) is 0.157. The number of allylic oxidation sites excluding steroid dienone is 1. The van der Waals surface area contributed by atoms with E-state index in [2.05, 4.69) is 33.8 Å². The Labute approximate surface area is 363 Å². The van der Waals surface area contributed by atoms with Crippen molar-refractivity contribution < 1.29 is 83.9 Å². The van der Waals surface area contributed by atoms with E-state index in [-0.39, 0.29) is 29.0 Å². The molecule has 0 aromatic carbocycles. The number of ether oxygens (including phenoxy) is 8. The van der Waals surface area contributed by atoms with Crippen LogP contribution in [0.25, 0.3) is 0 Å². The zero-order valence-corrected chi connectivity index (χ0v) is 36.8. The highest BCUT2D eigenvalue weighted by Gasteiger charge is 2.76. The minimum absolute atomic E-state index is 0.0681. The number of rotatable bonds is 7. The van der Waals surface area contributed by atoms with Gasteiger partial charge in [0.05, 0.1) is 37.6 Å². The second-order valence-corrected chi connectivity index (χ2v) is 21.2. The van der Waals surface area contributed by atoms with Gasteiger partial charge < -0.3 is 83.9 Å². The monoisotopic (exact) mass is 884 g/mol. The highest BCUT2D eigenvalue weighted by Crippen LogP contribution is 2.72. The summed E-state index contributed by atoms with van der Waals surface area (Å²) in [5, 5.41) is 99.0. The molecule has 3 saturated carbocycles. The molecule has 26 atom stereocenters. The Morgan fingerprint density at radius 3 is 2.03 bits per heavy atom. The Kier molecular flexibility index (Phi) is 12.4. The van der Waals surface area contributed by atoms with Gasteiger partial charge in [0, 0.05) is 17.8 Å². The summed E-state index contributed by atoms with van der Waals surface area (Å²) in [6, 6.07) is 0. The molecule has 9 rings (SSSR count). The number of fused-ring (bicyclic) bond motifs is 7. The van der Waals surface area contributed by atoms with Crippen LogP contribution in [-0.4, -0.2) is 175 Å². The van der Waals surface area contributed by atoms with Crippen molar-refractivity contribution >= 4 is 0 Å². The number of hydrogen-bond acceptors (Lipinski definition) is 17. The maximum atomic E-state index is 12.8. The third-order valence-electron chi connectivity index (χ3n) is 17.9. The molecule has 5 aliphatic heterocycles. The lowest BCUT2D eigenvalue weighted by molar-refractivity contribution is -0.386. The van der Waals surface area contributed by atoms with Crippen molar-refractivity contribution in [2.24, 2.45) is 40.4 Å². The van der Waals surface area contributed by atoms with E-state index in [0.717, 1.165) is 44.9 Å². The summed E-state index contributed by atoms with van der Waals surface area (Å²) in [7, 11) is 0. The van der Waals surface area contributed by atoms with Crippen molar-refractivity contribution in [1.82, 2.24) is 0 Å². The zero-order chi connectivity index (χ0) is 44.4. The Bertz CT molecular complexity index is 1640. The first-order valence-corrected chi connectivity index (χ1v) is 23.3. The minimum Gasteiger partial charge on any atom is -0.394 e. The molecule has 1 spiro atoms. The van der Waals surface area contributed by atoms with Gasteiger partial charge in [-0.3, -0.25) is 0 Å². The Morgan fingerprint density at radius 2 is 1.34 bits per heavy atom. The summed E-state index contributed by atoms with van der Waals surface area (Å²) in [4.78, 5) is 0. The zero-order valence-electron chi connectivity index (χ0n) is 36.8. The van der Waals surface area contributed by atoms with Crippen molar-refractivity contribution in [3.05, 3.63) is 11.6 Å². The lowest BCUT2D eigenvalue weighted by Gasteiger charge is -2.60. The minimum atomic E-state index is -1.74. The first kappa shape index (κ1) is 46.2. The van der Waals surface area contributed by atoms with Gasteiger partial charge in [-0.25, -0.2) is 0 Å². The SMILES string of the molecule is CC1CCC2(OC1)OC1CC3C4CC=C5CC(OC6OC(CO)C(OC7OC(C)C(O)C(O)C7OC7OC(C)C(O)C(O)C7O)C(O)C6O)CCC5(C)C4CCC3(C)C1(O)C2C. The Balaban J connectivity index is 0.851. The molecule has 62 heavy (non-hydrogen) atoms. The van der Waals surface area contributed by atoms with Crippen molar-refractivity contribution in [2.75, 3.05) is 13.2 Å². The van der Waals surface area contributed by atoms with Crippen LogP contribution in [0.1, 0.15) is 99.3 Å². The van der Waals surface area contributed by atoms with Gasteiger partial charge >= 0.3 is 0 Å². The van der Waals surface area contributed by atoms with Crippen LogP contribution in [0.2, 0.25) is 0 Å². The molecule has 26 unspecified atom stereocenters. The molecular weight excluding hydrogens is 812 g/mol. The third kappa shape index (κ3) is 7.05. The fraction of sp³-hybridized carbons (Fsp3) is 0.956. The van der Waals surface area contributed by atoms with Crippen LogP contribution in [0.3, 0.4) is 0 Å². The average molecular weight is 885 g/mol. The fourth-order valence-electron chi connectivity index (χ4n) is 13.9. The molecule has 5 heterocycles. The smallest absolute Gasteiger partial charge is 0.187 e.